The van der Waals surface area contributed by atoms with Gasteiger partial charge in [-0.2, -0.15) is 4.98 Å². The number of nitrogens with zero attached hydrogens (tertiary/aromatic N) is 4. The number of urea groups is 1. The number of fused-ring (bicyclic) bond motifs is 1. The Hall–Kier alpha value is -4.20. The SMILES string of the molecule is C[C@H](NC(=O)N1CCN(c2nc(N)nc3ccc(-c4ccc(F)cc4)cc23)CC1)c1ccccc1. The first-order valence-corrected chi connectivity index (χ1v) is 11.7. The lowest BCUT2D eigenvalue weighted by atomic mass is 10.0. The molecule has 7 nitrogen and oxygen atoms in total. The van der Waals surface area contributed by atoms with Crippen LogP contribution < -0.4 is 16.0 Å². The topological polar surface area (TPSA) is 87.4 Å². The van der Waals surface area contributed by atoms with Gasteiger partial charge in [-0.05, 0) is 47.9 Å². The molecule has 1 aliphatic rings. The molecule has 0 spiro atoms. The van der Waals surface area contributed by atoms with Crippen molar-refractivity contribution in [2.45, 2.75) is 13.0 Å². The Morgan fingerprint density at radius 1 is 0.943 bits per heavy atom. The maximum Gasteiger partial charge on any atom is 0.317 e. The number of halogens is 1. The van der Waals surface area contributed by atoms with E-state index in [1.165, 1.54) is 12.1 Å². The first-order chi connectivity index (χ1) is 17.0. The third-order valence-electron chi connectivity index (χ3n) is 6.38. The van der Waals surface area contributed by atoms with E-state index in [2.05, 4.69) is 20.2 Å². The summed E-state index contributed by atoms with van der Waals surface area (Å²) in [6.45, 7) is 4.36. The minimum atomic E-state index is -0.272. The van der Waals surface area contributed by atoms with E-state index in [0.717, 1.165) is 33.4 Å². The number of hydrogen-bond donors (Lipinski definition) is 2. The van der Waals surface area contributed by atoms with Crippen LogP contribution in [0, 0.1) is 5.82 Å². The molecule has 1 aromatic heterocycles. The van der Waals surface area contributed by atoms with Crippen LogP contribution in [0.4, 0.5) is 21.0 Å². The zero-order valence-electron chi connectivity index (χ0n) is 19.5. The number of carbonyl (C=O) groups excluding carboxylic acids is 1. The van der Waals surface area contributed by atoms with Gasteiger partial charge in [-0.15, -0.1) is 0 Å². The molecular weight excluding hydrogens is 443 g/mol. The van der Waals surface area contributed by atoms with Crippen LogP contribution in [0.1, 0.15) is 18.5 Å². The first-order valence-electron chi connectivity index (χ1n) is 11.7. The van der Waals surface area contributed by atoms with Crippen molar-refractivity contribution in [2.75, 3.05) is 36.8 Å². The Labute approximate surface area is 203 Å². The van der Waals surface area contributed by atoms with E-state index in [0.29, 0.717) is 26.2 Å². The van der Waals surface area contributed by atoms with Crippen LogP contribution in [-0.2, 0) is 0 Å². The fourth-order valence-electron chi connectivity index (χ4n) is 4.42. The number of nitrogen functional groups attached to an aromatic ring is 1. The predicted molar refractivity (Wildman–Crippen MR) is 137 cm³/mol. The van der Waals surface area contributed by atoms with Crippen LogP contribution >= 0.6 is 0 Å². The second kappa shape index (κ2) is 9.58. The Bertz CT molecular complexity index is 1340. The highest BCUT2D eigenvalue weighted by atomic mass is 19.1. The van der Waals surface area contributed by atoms with Gasteiger partial charge in [0, 0.05) is 31.6 Å². The van der Waals surface area contributed by atoms with Crippen LogP contribution in [0.25, 0.3) is 22.0 Å². The van der Waals surface area contributed by atoms with Crippen molar-refractivity contribution < 1.29 is 9.18 Å². The molecule has 3 aromatic carbocycles. The van der Waals surface area contributed by atoms with Gasteiger partial charge in [-0.25, -0.2) is 14.2 Å². The highest BCUT2D eigenvalue weighted by Crippen LogP contribution is 2.30. The molecule has 0 unspecified atom stereocenters. The molecule has 0 aliphatic carbocycles. The van der Waals surface area contributed by atoms with Gasteiger partial charge in [-0.3, -0.25) is 0 Å². The summed E-state index contributed by atoms with van der Waals surface area (Å²) < 4.78 is 13.4. The smallest absolute Gasteiger partial charge is 0.317 e. The number of rotatable bonds is 4. The Morgan fingerprint density at radius 2 is 1.63 bits per heavy atom. The highest BCUT2D eigenvalue weighted by molar-refractivity contribution is 5.94. The van der Waals surface area contributed by atoms with Gasteiger partial charge in [0.05, 0.1) is 11.6 Å². The van der Waals surface area contributed by atoms with E-state index in [1.807, 2.05) is 60.4 Å². The normalized spacial score (nSPS) is 14.7. The summed E-state index contributed by atoms with van der Waals surface area (Å²) >= 11 is 0. The Kier molecular flexibility index (Phi) is 6.18. The highest BCUT2D eigenvalue weighted by Gasteiger charge is 2.25. The number of carbonyl (C=O) groups is 1. The summed E-state index contributed by atoms with van der Waals surface area (Å²) in [4.78, 5) is 25.7. The quantitative estimate of drug-likeness (QED) is 0.455. The van der Waals surface area contributed by atoms with Crippen LogP contribution in [0.15, 0.2) is 72.8 Å². The summed E-state index contributed by atoms with van der Waals surface area (Å²) in [7, 11) is 0. The zero-order chi connectivity index (χ0) is 24.4. The molecule has 0 radical (unpaired) electrons. The molecule has 2 amide bonds. The fraction of sp³-hybridized carbons (Fsp3) is 0.222. The lowest BCUT2D eigenvalue weighted by Gasteiger charge is -2.36. The number of nitrogens with one attached hydrogen (secondary N) is 1. The van der Waals surface area contributed by atoms with Gasteiger partial charge in [-0.1, -0.05) is 48.5 Å². The summed E-state index contributed by atoms with van der Waals surface area (Å²) in [5.74, 6) is 0.680. The molecule has 2 heterocycles. The van der Waals surface area contributed by atoms with Crippen LogP contribution in [0.5, 0.6) is 0 Å². The average Bonchev–Trinajstić information content (AvgIpc) is 2.89. The Balaban J connectivity index is 1.33. The molecule has 5 rings (SSSR count). The summed E-state index contributed by atoms with van der Waals surface area (Å²) in [6, 6.07) is 22.0. The molecule has 8 heteroatoms. The molecule has 1 atom stereocenters. The van der Waals surface area contributed by atoms with Gasteiger partial charge >= 0.3 is 6.03 Å². The van der Waals surface area contributed by atoms with E-state index < -0.39 is 0 Å². The third kappa shape index (κ3) is 4.87. The minimum Gasteiger partial charge on any atom is -0.368 e. The van der Waals surface area contributed by atoms with Crippen molar-refractivity contribution >= 4 is 28.7 Å². The summed E-state index contributed by atoms with van der Waals surface area (Å²) in [5.41, 5.74) is 9.68. The lowest BCUT2D eigenvalue weighted by Crippen LogP contribution is -2.52. The number of benzene rings is 3. The van der Waals surface area contributed by atoms with E-state index >= 15 is 0 Å². The number of piperazine rings is 1. The monoisotopic (exact) mass is 470 g/mol. The van der Waals surface area contributed by atoms with Crippen molar-refractivity contribution in [3.8, 4) is 11.1 Å². The fourth-order valence-corrected chi connectivity index (χ4v) is 4.42. The van der Waals surface area contributed by atoms with Crippen LogP contribution in [-0.4, -0.2) is 47.1 Å². The molecule has 178 valence electrons. The maximum absolute atomic E-state index is 13.4. The molecule has 35 heavy (non-hydrogen) atoms. The predicted octanol–water partition coefficient (Wildman–Crippen LogP) is 4.61. The zero-order valence-corrected chi connectivity index (χ0v) is 19.5. The lowest BCUT2D eigenvalue weighted by molar-refractivity contribution is 0.191. The largest absolute Gasteiger partial charge is 0.368 e. The number of hydrogen-bond acceptors (Lipinski definition) is 5. The molecule has 1 aliphatic heterocycles. The second-order valence-electron chi connectivity index (χ2n) is 8.70. The summed E-state index contributed by atoms with van der Waals surface area (Å²) in [6.07, 6.45) is 0. The standard InChI is InChI=1S/C27H27FN6O/c1-18(19-5-3-2-4-6-19)30-27(35)34-15-13-33(14-16-34)25-23-17-21(20-7-10-22(28)11-8-20)9-12-24(23)31-26(29)32-25/h2-12,17-18H,13-16H2,1H3,(H,30,35)(H2,29,31,32)/t18-/m0/s1. The molecular formula is C27H27FN6O. The van der Waals surface area contributed by atoms with Gasteiger partial charge in [0.15, 0.2) is 0 Å². The second-order valence-corrected chi connectivity index (χ2v) is 8.70. The number of nitrogens with two attached hydrogens (primary N) is 1. The summed E-state index contributed by atoms with van der Waals surface area (Å²) in [5, 5.41) is 3.96. The molecule has 3 N–H and O–H groups in total. The molecule has 0 bridgehead atoms. The van der Waals surface area contributed by atoms with Crippen molar-refractivity contribution in [1.82, 2.24) is 20.2 Å². The van der Waals surface area contributed by atoms with E-state index in [9.17, 15) is 9.18 Å². The third-order valence-corrected chi connectivity index (χ3v) is 6.38. The van der Waals surface area contributed by atoms with Crippen molar-refractivity contribution in [2.24, 2.45) is 0 Å². The molecule has 4 aromatic rings. The molecule has 1 fully saturated rings. The first kappa shape index (κ1) is 22.6. The minimum absolute atomic E-state index is 0.0720. The van der Waals surface area contributed by atoms with Gasteiger partial charge in [0.1, 0.15) is 11.6 Å². The Morgan fingerprint density at radius 3 is 2.34 bits per heavy atom. The van der Waals surface area contributed by atoms with E-state index in [4.69, 9.17) is 5.73 Å². The van der Waals surface area contributed by atoms with Gasteiger partial charge in [0.2, 0.25) is 5.95 Å². The van der Waals surface area contributed by atoms with Crippen LogP contribution in [0.2, 0.25) is 0 Å². The average molecular weight is 471 g/mol. The van der Waals surface area contributed by atoms with Gasteiger partial charge < -0.3 is 20.9 Å². The van der Waals surface area contributed by atoms with Crippen molar-refractivity contribution in [1.29, 1.82) is 0 Å². The van der Waals surface area contributed by atoms with E-state index in [1.54, 1.807) is 12.1 Å². The maximum atomic E-state index is 13.4. The number of anilines is 2. The van der Waals surface area contributed by atoms with Crippen molar-refractivity contribution in [3.63, 3.8) is 0 Å². The van der Waals surface area contributed by atoms with E-state index in [-0.39, 0.29) is 23.8 Å². The molecule has 0 saturated carbocycles. The number of aromatic nitrogens is 2. The molecule has 1 saturated heterocycles. The van der Waals surface area contributed by atoms with Crippen molar-refractivity contribution in [3.05, 3.63) is 84.2 Å². The number of amides is 2. The van der Waals surface area contributed by atoms with Crippen LogP contribution in [0.3, 0.4) is 0 Å². The van der Waals surface area contributed by atoms with Gasteiger partial charge in [0.25, 0.3) is 0 Å².